The average Bonchev–Trinajstić information content (AvgIpc) is 3.03. The van der Waals surface area contributed by atoms with Gasteiger partial charge in [-0.15, -0.1) is 0 Å². The van der Waals surface area contributed by atoms with E-state index < -0.39 is 0 Å². The lowest BCUT2D eigenvalue weighted by Gasteiger charge is -2.16. The summed E-state index contributed by atoms with van der Waals surface area (Å²) < 4.78 is 0. The molecule has 2 aromatic rings. The zero-order chi connectivity index (χ0) is 14.3. The Morgan fingerprint density at radius 1 is 1.50 bits per heavy atom. The first-order chi connectivity index (χ1) is 9.54. The molecule has 1 fully saturated rings. The van der Waals surface area contributed by atoms with Gasteiger partial charge in [0.1, 0.15) is 5.69 Å². The summed E-state index contributed by atoms with van der Waals surface area (Å²) in [5.74, 6) is 0.165. The minimum Gasteiger partial charge on any atom is -0.393 e. The predicted molar refractivity (Wildman–Crippen MR) is 79.0 cm³/mol. The van der Waals surface area contributed by atoms with E-state index in [0.717, 1.165) is 17.3 Å². The number of H-pyrrole nitrogens is 1. The Kier molecular flexibility index (Phi) is 3.44. The molecule has 1 aliphatic rings. The molecule has 0 aliphatic carbocycles. The fourth-order valence-corrected chi connectivity index (χ4v) is 2.92. The van der Waals surface area contributed by atoms with Gasteiger partial charge in [-0.3, -0.25) is 4.79 Å². The number of aliphatic hydroxyl groups is 1. The summed E-state index contributed by atoms with van der Waals surface area (Å²) in [7, 11) is 0. The van der Waals surface area contributed by atoms with Gasteiger partial charge < -0.3 is 15.0 Å². The third-order valence-corrected chi connectivity index (χ3v) is 4.24. The number of likely N-dealkylation sites (tertiary alicyclic amines) is 1. The standard InChI is InChI=1S/C15H17ClN2O2/c1-9(19)11-4-5-18(8-11)15(20)14-6-10-2-3-12(16)7-13(10)17-14/h2-3,6-7,9,11,17,19H,4-5,8H2,1H3. The molecule has 1 amide bonds. The number of fused-ring (bicyclic) bond motifs is 1. The lowest BCUT2D eigenvalue weighted by molar-refractivity contribution is 0.0757. The van der Waals surface area contributed by atoms with Gasteiger partial charge in [0.05, 0.1) is 6.10 Å². The van der Waals surface area contributed by atoms with Gasteiger partial charge in [0, 0.05) is 34.9 Å². The molecule has 2 atom stereocenters. The number of hydrogen-bond donors (Lipinski definition) is 2. The molecule has 2 heterocycles. The van der Waals surface area contributed by atoms with E-state index in [0.29, 0.717) is 23.8 Å². The van der Waals surface area contributed by atoms with Crippen LogP contribution in [0.4, 0.5) is 0 Å². The molecule has 5 heteroatoms. The average molecular weight is 293 g/mol. The largest absolute Gasteiger partial charge is 0.393 e. The van der Waals surface area contributed by atoms with Crippen LogP contribution in [-0.2, 0) is 0 Å². The zero-order valence-corrected chi connectivity index (χ0v) is 12.0. The van der Waals surface area contributed by atoms with Gasteiger partial charge in [0.2, 0.25) is 0 Å². The maximum atomic E-state index is 12.4. The minimum atomic E-state index is -0.366. The molecule has 1 aromatic carbocycles. The van der Waals surface area contributed by atoms with E-state index in [-0.39, 0.29) is 17.9 Å². The third kappa shape index (κ3) is 2.41. The van der Waals surface area contributed by atoms with E-state index in [1.807, 2.05) is 24.3 Å². The van der Waals surface area contributed by atoms with Crippen LogP contribution < -0.4 is 0 Å². The zero-order valence-electron chi connectivity index (χ0n) is 11.3. The van der Waals surface area contributed by atoms with E-state index in [2.05, 4.69) is 4.98 Å². The van der Waals surface area contributed by atoms with Crippen molar-refractivity contribution in [2.24, 2.45) is 5.92 Å². The molecular weight excluding hydrogens is 276 g/mol. The molecule has 1 aliphatic heterocycles. The number of hydrogen-bond acceptors (Lipinski definition) is 2. The van der Waals surface area contributed by atoms with Gasteiger partial charge in [-0.1, -0.05) is 17.7 Å². The number of rotatable bonds is 2. The lowest BCUT2D eigenvalue weighted by atomic mass is 10.0. The monoisotopic (exact) mass is 292 g/mol. The van der Waals surface area contributed by atoms with Crippen molar-refractivity contribution >= 4 is 28.4 Å². The van der Waals surface area contributed by atoms with Crippen LogP contribution in [0.1, 0.15) is 23.8 Å². The van der Waals surface area contributed by atoms with Crippen LogP contribution in [-0.4, -0.2) is 40.1 Å². The van der Waals surface area contributed by atoms with E-state index in [9.17, 15) is 9.90 Å². The molecule has 0 saturated carbocycles. The maximum absolute atomic E-state index is 12.4. The van der Waals surface area contributed by atoms with Gasteiger partial charge in [0.25, 0.3) is 5.91 Å². The van der Waals surface area contributed by atoms with Crippen molar-refractivity contribution in [2.75, 3.05) is 13.1 Å². The van der Waals surface area contributed by atoms with Crippen molar-refractivity contribution < 1.29 is 9.90 Å². The molecule has 4 nitrogen and oxygen atoms in total. The van der Waals surface area contributed by atoms with E-state index in [4.69, 9.17) is 11.6 Å². The number of aliphatic hydroxyl groups excluding tert-OH is 1. The number of aromatic nitrogens is 1. The number of carbonyl (C=O) groups is 1. The first-order valence-electron chi connectivity index (χ1n) is 6.80. The lowest BCUT2D eigenvalue weighted by Crippen LogP contribution is -2.30. The van der Waals surface area contributed by atoms with Crippen molar-refractivity contribution in [2.45, 2.75) is 19.4 Å². The highest BCUT2D eigenvalue weighted by molar-refractivity contribution is 6.31. The van der Waals surface area contributed by atoms with Crippen LogP contribution >= 0.6 is 11.6 Å². The molecule has 1 saturated heterocycles. The molecule has 106 valence electrons. The van der Waals surface area contributed by atoms with Crippen molar-refractivity contribution in [1.82, 2.24) is 9.88 Å². The smallest absolute Gasteiger partial charge is 0.270 e. The summed E-state index contributed by atoms with van der Waals surface area (Å²) in [6.45, 7) is 3.10. The highest BCUT2D eigenvalue weighted by atomic mass is 35.5. The number of nitrogens with one attached hydrogen (secondary N) is 1. The summed E-state index contributed by atoms with van der Waals surface area (Å²) in [6.07, 6.45) is 0.490. The van der Waals surface area contributed by atoms with Crippen LogP contribution in [0.15, 0.2) is 24.3 Å². The second kappa shape index (κ2) is 5.11. The highest BCUT2D eigenvalue weighted by Crippen LogP contribution is 2.24. The second-order valence-electron chi connectivity index (χ2n) is 5.46. The van der Waals surface area contributed by atoms with Crippen LogP contribution in [0, 0.1) is 5.92 Å². The van der Waals surface area contributed by atoms with Crippen LogP contribution in [0.25, 0.3) is 10.9 Å². The first kappa shape index (κ1) is 13.5. The summed E-state index contributed by atoms with van der Waals surface area (Å²) in [5, 5.41) is 11.2. The number of nitrogens with zero attached hydrogens (tertiary/aromatic N) is 1. The number of aromatic amines is 1. The summed E-state index contributed by atoms with van der Waals surface area (Å²) in [4.78, 5) is 17.4. The Hall–Kier alpha value is -1.52. The molecule has 2 unspecified atom stereocenters. The number of carbonyl (C=O) groups excluding carboxylic acids is 1. The Balaban J connectivity index is 1.82. The van der Waals surface area contributed by atoms with Crippen molar-refractivity contribution in [3.63, 3.8) is 0 Å². The normalized spacial score (nSPS) is 20.6. The van der Waals surface area contributed by atoms with Crippen LogP contribution in [0.2, 0.25) is 5.02 Å². The Bertz CT molecular complexity index is 650. The molecule has 20 heavy (non-hydrogen) atoms. The fraction of sp³-hybridized carbons (Fsp3) is 0.400. The van der Waals surface area contributed by atoms with Crippen LogP contribution in [0.5, 0.6) is 0 Å². The van der Waals surface area contributed by atoms with Gasteiger partial charge in [0.15, 0.2) is 0 Å². The van der Waals surface area contributed by atoms with E-state index in [1.165, 1.54) is 0 Å². The number of halogens is 1. The molecule has 0 radical (unpaired) electrons. The van der Waals surface area contributed by atoms with Crippen molar-refractivity contribution in [3.8, 4) is 0 Å². The van der Waals surface area contributed by atoms with Gasteiger partial charge in [-0.25, -0.2) is 0 Å². The quantitative estimate of drug-likeness (QED) is 0.894. The fourth-order valence-electron chi connectivity index (χ4n) is 2.75. The summed E-state index contributed by atoms with van der Waals surface area (Å²) in [6, 6.07) is 7.37. The summed E-state index contributed by atoms with van der Waals surface area (Å²) >= 11 is 5.95. The van der Waals surface area contributed by atoms with Gasteiger partial charge in [-0.2, -0.15) is 0 Å². The Morgan fingerprint density at radius 3 is 3.00 bits per heavy atom. The Labute approximate surface area is 122 Å². The van der Waals surface area contributed by atoms with Crippen molar-refractivity contribution in [1.29, 1.82) is 0 Å². The Morgan fingerprint density at radius 2 is 2.30 bits per heavy atom. The van der Waals surface area contributed by atoms with Gasteiger partial charge >= 0.3 is 0 Å². The minimum absolute atomic E-state index is 0.0135. The third-order valence-electron chi connectivity index (χ3n) is 4.01. The van der Waals surface area contributed by atoms with Gasteiger partial charge in [-0.05, 0) is 31.5 Å². The molecule has 1 aromatic heterocycles. The molecular formula is C15H17ClN2O2. The van der Waals surface area contributed by atoms with E-state index in [1.54, 1.807) is 11.8 Å². The number of amides is 1. The van der Waals surface area contributed by atoms with Crippen molar-refractivity contribution in [3.05, 3.63) is 35.0 Å². The summed E-state index contributed by atoms with van der Waals surface area (Å²) in [5.41, 5.74) is 1.45. The SMILES string of the molecule is CC(O)C1CCN(C(=O)c2cc3ccc(Cl)cc3[nH]2)C1. The molecule has 0 spiro atoms. The predicted octanol–water partition coefficient (Wildman–Crippen LogP) is 2.66. The molecule has 3 rings (SSSR count). The molecule has 2 N–H and O–H groups in total. The van der Waals surface area contributed by atoms with Crippen LogP contribution in [0.3, 0.4) is 0 Å². The van der Waals surface area contributed by atoms with E-state index >= 15 is 0 Å². The highest BCUT2D eigenvalue weighted by Gasteiger charge is 2.30. The number of benzene rings is 1. The second-order valence-corrected chi connectivity index (χ2v) is 5.89. The topological polar surface area (TPSA) is 56.3 Å². The maximum Gasteiger partial charge on any atom is 0.270 e. The first-order valence-corrected chi connectivity index (χ1v) is 7.18. The molecule has 0 bridgehead atoms.